The third-order valence-electron chi connectivity index (χ3n) is 2.75. The molecule has 15 heavy (non-hydrogen) atoms. The Balaban J connectivity index is 2.23. The first-order chi connectivity index (χ1) is 7.14. The lowest BCUT2D eigenvalue weighted by Gasteiger charge is -2.35. The lowest BCUT2D eigenvalue weighted by atomic mass is 9.92. The molecule has 0 bridgehead atoms. The van der Waals surface area contributed by atoms with E-state index in [1.807, 2.05) is 6.08 Å². The molecule has 3 nitrogen and oxygen atoms in total. The Morgan fingerprint density at radius 3 is 2.67 bits per heavy atom. The van der Waals surface area contributed by atoms with Gasteiger partial charge in [-0.25, -0.2) is 0 Å². The van der Waals surface area contributed by atoms with Gasteiger partial charge in [0.25, 0.3) is 0 Å². The van der Waals surface area contributed by atoms with E-state index in [0.717, 1.165) is 26.2 Å². The molecule has 0 atom stereocenters. The van der Waals surface area contributed by atoms with Gasteiger partial charge in [-0.1, -0.05) is 19.9 Å². The van der Waals surface area contributed by atoms with Crippen LogP contribution >= 0.6 is 0 Å². The van der Waals surface area contributed by atoms with Crippen LogP contribution in [0.2, 0.25) is 0 Å². The zero-order valence-electron chi connectivity index (χ0n) is 10.2. The minimum Gasteiger partial charge on any atom is -0.314 e. The monoisotopic (exact) mass is 211 g/mol. The maximum atomic E-state index is 3.71. The van der Waals surface area contributed by atoms with Crippen LogP contribution in [-0.2, 0) is 0 Å². The molecule has 0 radical (unpaired) electrons. The second-order valence-corrected chi connectivity index (χ2v) is 5.11. The zero-order chi connectivity index (χ0) is 11.1. The van der Waals surface area contributed by atoms with Gasteiger partial charge in [0.05, 0.1) is 0 Å². The van der Waals surface area contributed by atoms with Crippen LogP contribution in [0, 0.1) is 5.41 Å². The summed E-state index contributed by atoms with van der Waals surface area (Å²) in [5, 5.41) is 6.79. The zero-order valence-corrected chi connectivity index (χ0v) is 10.2. The van der Waals surface area contributed by atoms with Crippen LogP contribution < -0.4 is 10.6 Å². The molecule has 0 aliphatic carbocycles. The minimum atomic E-state index is 0.348. The molecule has 0 aromatic heterocycles. The second-order valence-electron chi connectivity index (χ2n) is 5.11. The Morgan fingerprint density at radius 2 is 2.07 bits per heavy atom. The fraction of sp³-hybridized carbons (Fsp3) is 0.833. The third-order valence-corrected chi connectivity index (χ3v) is 2.75. The molecule has 2 N–H and O–H groups in total. The van der Waals surface area contributed by atoms with Crippen molar-refractivity contribution in [1.82, 2.24) is 15.5 Å². The summed E-state index contributed by atoms with van der Waals surface area (Å²) < 4.78 is 0. The average Bonchev–Trinajstić information content (AvgIpc) is 2.18. The highest BCUT2D eigenvalue weighted by Gasteiger charge is 2.22. The first-order valence-electron chi connectivity index (χ1n) is 5.89. The van der Waals surface area contributed by atoms with Crippen LogP contribution in [-0.4, -0.2) is 50.7 Å². The molecule has 0 spiro atoms. The van der Waals surface area contributed by atoms with Crippen LogP contribution in [0.4, 0.5) is 0 Å². The summed E-state index contributed by atoms with van der Waals surface area (Å²) in [6.45, 7) is 16.2. The Hall–Kier alpha value is -0.380. The van der Waals surface area contributed by atoms with E-state index in [9.17, 15) is 0 Å². The predicted molar refractivity (Wildman–Crippen MR) is 66.2 cm³/mol. The molecule has 0 aromatic rings. The van der Waals surface area contributed by atoms with Crippen molar-refractivity contribution < 1.29 is 0 Å². The van der Waals surface area contributed by atoms with Crippen molar-refractivity contribution in [3.63, 3.8) is 0 Å². The van der Waals surface area contributed by atoms with E-state index in [-0.39, 0.29) is 0 Å². The van der Waals surface area contributed by atoms with E-state index in [0.29, 0.717) is 5.41 Å². The number of hydrogen-bond acceptors (Lipinski definition) is 3. The summed E-state index contributed by atoms with van der Waals surface area (Å²) in [7, 11) is 0. The summed E-state index contributed by atoms with van der Waals surface area (Å²) in [6, 6.07) is 0. The first kappa shape index (κ1) is 12.7. The van der Waals surface area contributed by atoms with Crippen molar-refractivity contribution in [3.8, 4) is 0 Å². The van der Waals surface area contributed by atoms with E-state index in [2.05, 4.69) is 36.0 Å². The third kappa shape index (κ3) is 5.30. The maximum Gasteiger partial charge on any atom is 0.0132 e. The molecule has 1 fully saturated rings. The van der Waals surface area contributed by atoms with Crippen molar-refractivity contribution in [1.29, 1.82) is 0 Å². The Kier molecular flexibility index (Phi) is 5.29. The van der Waals surface area contributed by atoms with Gasteiger partial charge >= 0.3 is 0 Å². The molecule has 1 aliphatic rings. The van der Waals surface area contributed by atoms with Crippen molar-refractivity contribution in [3.05, 3.63) is 12.7 Å². The van der Waals surface area contributed by atoms with Gasteiger partial charge < -0.3 is 15.5 Å². The van der Waals surface area contributed by atoms with Gasteiger partial charge in [0.2, 0.25) is 0 Å². The average molecular weight is 211 g/mol. The second kappa shape index (κ2) is 6.26. The largest absolute Gasteiger partial charge is 0.314 e. The van der Waals surface area contributed by atoms with Crippen molar-refractivity contribution >= 4 is 0 Å². The number of piperazine rings is 1. The molecule has 0 saturated carbocycles. The van der Waals surface area contributed by atoms with Gasteiger partial charge in [0.15, 0.2) is 0 Å². The Bertz CT molecular complexity index is 183. The molecule has 88 valence electrons. The summed E-state index contributed by atoms with van der Waals surface area (Å²) in [6.07, 6.45) is 1.92. The summed E-state index contributed by atoms with van der Waals surface area (Å²) in [5.41, 5.74) is 0.348. The molecule has 1 rings (SSSR count). The van der Waals surface area contributed by atoms with E-state index in [1.165, 1.54) is 19.6 Å². The highest BCUT2D eigenvalue weighted by Crippen LogP contribution is 2.15. The molecular formula is C12H25N3. The standard InChI is InChI=1S/C12H25N3/c1-4-5-14-10-12(2,3)11-15-8-6-13-7-9-15/h4,13-14H,1,5-11H2,2-3H3. The van der Waals surface area contributed by atoms with Gasteiger partial charge in [0, 0.05) is 45.8 Å². The maximum absolute atomic E-state index is 3.71. The number of nitrogens with one attached hydrogen (secondary N) is 2. The minimum absolute atomic E-state index is 0.348. The fourth-order valence-corrected chi connectivity index (χ4v) is 2.04. The van der Waals surface area contributed by atoms with Crippen molar-refractivity contribution in [2.24, 2.45) is 5.41 Å². The van der Waals surface area contributed by atoms with Gasteiger partial charge in [-0.15, -0.1) is 6.58 Å². The van der Waals surface area contributed by atoms with Crippen LogP contribution in [0.15, 0.2) is 12.7 Å². The summed E-state index contributed by atoms with van der Waals surface area (Å²) in [4.78, 5) is 2.55. The SMILES string of the molecule is C=CCNCC(C)(C)CN1CCNCC1. The van der Waals surface area contributed by atoms with Crippen molar-refractivity contribution in [2.45, 2.75) is 13.8 Å². The van der Waals surface area contributed by atoms with Crippen LogP contribution in [0.3, 0.4) is 0 Å². The molecule has 0 unspecified atom stereocenters. The van der Waals surface area contributed by atoms with Gasteiger partial charge in [0.1, 0.15) is 0 Å². The quantitative estimate of drug-likeness (QED) is 0.500. The topological polar surface area (TPSA) is 27.3 Å². The van der Waals surface area contributed by atoms with E-state index in [1.54, 1.807) is 0 Å². The molecule has 0 aromatic carbocycles. The lowest BCUT2D eigenvalue weighted by molar-refractivity contribution is 0.159. The molecule has 3 heteroatoms. The van der Waals surface area contributed by atoms with Crippen LogP contribution in [0.25, 0.3) is 0 Å². The molecular weight excluding hydrogens is 186 g/mol. The first-order valence-corrected chi connectivity index (χ1v) is 5.89. The Labute approximate surface area is 93.9 Å². The highest BCUT2D eigenvalue weighted by atomic mass is 15.2. The molecule has 1 aliphatic heterocycles. The van der Waals surface area contributed by atoms with Crippen molar-refractivity contribution in [2.75, 3.05) is 45.8 Å². The predicted octanol–water partition coefficient (Wildman–Crippen LogP) is 0.693. The van der Waals surface area contributed by atoms with Gasteiger partial charge in [-0.2, -0.15) is 0 Å². The van der Waals surface area contributed by atoms with E-state index < -0.39 is 0 Å². The summed E-state index contributed by atoms with van der Waals surface area (Å²) in [5.74, 6) is 0. The lowest BCUT2D eigenvalue weighted by Crippen LogP contribution is -2.48. The molecule has 1 heterocycles. The van der Waals surface area contributed by atoms with Crippen LogP contribution in [0.5, 0.6) is 0 Å². The number of nitrogens with zero attached hydrogens (tertiary/aromatic N) is 1. The normalized spacial score (nSPS) is 19.1. The number of hydrogen-bond donors (Lipinski definition) is 2. The Morgan fingerprint density at radius 1 is 1.40 bits per heavy atom. The van der Waals surface area contributed by atoms with E-state index >= 15 is 0 Å². The van der Waals surface area contributed by atoms with Gasteiger partial charge in [-0.05, 0) is 5.41 Å². The number of rotatable bonds is 6. The smallest absolute Gasteiger partial charge is 0.0132 e. The van der Waals surface area contributed by atoms with E-state index in [4.69, 9.17) is 0 Å². The summed E-state index contributed by atoms with van der Waals surface area (Å²) >= 11 is 0. The highest BCUT2D eigenvalue weighted by molar-refractivity contribution is 4.80. The fourth-order valence-electron chi connectivity index (χ4n) is 2.04. The van der Waals surface area contributed by atoms with Gasteiger partial charge in [-0.3, -0.25) is 0 Å². The molecule has 0 amide bonds. The van der Waals surface area contributed by atoms with Crippen LogP contribution in [0.1, 0.15) is 13.8 Å². The molecule has 1 saturated heterocycles.